The molecule has 3 aromatic carbocycles. The van der Waals surface area contributed by atoms with Gasteiger partial charge in [-0.15, -0.1) is 0 Å². The molecule has 0 radical (unpaired) electrons. The van der Waals surface area contributed by atoms with Crippen molar-refractivity contribution in [3.8, 4) is 17.2 Å². The smallest absolute Gasteiger partial charge is 0.265 e. The zero-order chi connectivity index (χ0) is 31.9. The van der Waals surface area contributed by atoms with Crippen LogP contribution < -0.4 is 23.8 Å². The molecule has 14 heteroatoms. The number of anilines is 1. The van der Waals surface area contributed by atoms with Gasteiger partial charge in [0, 0.05) is 34.2 Å². The lowest BCUT2D eigenvalue weighted by Crippen LogP contribution is -2.51. The minimum absolute atomic E-state index is 0.00766. The Balaban J connectivity index is 2.17. The van der Waals surface area contributed by atoms with E-state index in [4.69, 9.17) is 49.0 Å². The largest absolute Gasteiger partial charge is 0.495 e. The van der Waals surface area contributed by atoms with Crippen LogP contribution in [0.25, 0.3) is 0 Å². The van der Waals surface area contributed by atoms with Crippen molar-refractivity contribution in [1.82, 2.24) is 10.2 Å². The van der Waals surface area contributed by atoms with Crippen LogP contribution in [0.15, 0.2) is 59.5 Å². The number of amides is 2. The van der Waals surface area contributed by atoms with Crippen LogP contribution in [0.4, 0.5) is 5.69 Å². The van der Waals surface area contributed by atoms with E-state index in [-0.39, 0.29) is 38.7 Å². The Labute approximate surface area is 266 Å². The van der Waals surface area contributed by atoms with Crippen molar-refractivity contribution in [1.29, 1.82) is 0 Å². The van der Waals surface area contributed by atoms with Crippen LogP contribution in [0, 0.1) is 0 Å². The maximum atomic E-state index is 14.2. The van der Waals surface area contributed by atoms with Crippen LogP contribution in [-0.2, 0) is 26.2 Å². The predicted molar refractivity (Wildman–Crippen MR) is 167 cm³/mol. The quantitative estimate of drug-likeness (QED) is 0.258. The van der Waals surface area contributed by atoms with Crippen LogP contribution in [0.1, 0.15) is 19.4 Å². The minimum Gasteiger partial charge on any atom is -0.495 e. The third-order valence-electron chi connectivity index (χ3n) is 6.51. The number of nitrogens with zero attached hydrogens (tertiary/aromatic N) is 2. The third kappa shape index (κ3) is 7.97. The highest BCUT2D eigenvalue weighted by Crippen LogP contribution is 2.37. The summed E-state index contributed by atoms with van der Waals surface area (Å²) in [5, 5.41) is 3.57. The summed E-state index contributed by atoms with van der Waals surface area (Å²) in [7, 11) is -0.307. The maximum Gasteiger partial charge on any atom is 0.265 e. The number of methoxy groups -OCH3 is 3. The fourth-order valence-corrected chi connectivity index (χ4v) is 6.28. The van der Waals surface area contributed by atoms with Crippen molar-refractivity contribution in [2.24, 2.45) is 0 Å². The van der Waals surface area contributed by atoms with Crippen LogP contribution in [0.3, 0.4) is 0 Å². The molecule has 0 spiro atoms. The maximum absolute atomic E-state index is 14.2. The van der Waals surface area contributed by atoms with Crippen molar-refractivity contribution < 1.29 is 32.2 Å². The van der Waals surface area contributed by atoms with E-state index in [1.165, 1.54) is 68.7 Å². The molecule has 1 atom stereocenters. The first-order valence-electron chi connectivity index (χ1n) is 13.0. The van der Waals surface area contributed by atoms with Gasteiger partial charge in [-0.05, 0) is 61.9 Å². The molecule has 0 fully saturated rings. The van der Waals surface area contributed by atoms with Crippen LogP contribution >= 0.6 is 34.8 Å². The predicted octanol–water partition coefficient (Wildman–Crippen LogP) is 5.42. The van der Waals surface area contributed by atoms with Gasteiger partial charge in [-0.3, -0.25) is 13.9 Å². The molecular formula is C29H32Cl3N3O7S. The molecule has 10 nitrogen and oxygen atoms in total. The van der Waals surface area contributed by atoms with Crippen molar-refractivity contribution in [3.05, 3.63) is 75.2 Å². The molecular weight excluding hydrogens is 641 g/mol. The molecule has 43 heavy (non-hydrogen) atoms. The van der Waals surface area contributed by atoms with Gasteiger partial charge in [-0.2, -0.15) is 0 Å². The lowest BCUT2D eigenvalue weighted by Gasteiger charge is -2.32. The third-order valence-corrected chi connectivity index (χ3v) is 9.08. The van der Waals surface area contributed by atoms with Gasteiger partial charge in [-0.25, -0.2) is 8.42 Å². The van der Waals surface area contributed by atoms with E-state index in [0.29, 0.717) is 22.9 Å². The van der Waals surface area contributed by atoms with Gasteiger partial charge < -0.3 is 24.4 Å². The molecule has 0 aliphatic rings. The van der Waals surface area contributed by atoms with Crippen LogP contribution in [0.2, 0.25) is 15.1 Å². The summed E-state index contributed by atoms with van der Waals surface area (Å²) in [6, 6.07) is 12.2. The molecule has 0 aliphatic carbocycles. The highest BCUT2D eigenvalue weighted by Gasteiger charge is 2.34. The van der Waals surface area contributed by atoms with E-state index < -0.39 is 34.4 Å². The topological polar surface area (TPSA) is 114 Å². The van der Waals surface area contributed by atoms with E-state index in [9.17, 15) is 18.0 Å². The molecule has 0 bridgehead atoms. The number of likely N-dealkylation sites (N-methyl/N-ethyl adjacent to an activating group) is 1. The lowest BCUT2D eigenvalue weighted by atomic mass is 10.1. The van der Waals surface area contributed by atoms with E-state index >= 15 is 0 Å². The fourth-order valence-electron chi connectivity index (χ4n) is 4.21. The van der Waals surface area contributed by atoms with Gasteiger partial charge in [0.25, 0.3) is 10.0 Å². The first-order valence-corrected chi connectivity index (χ1v) is 15.5. The second-order valence-electron chi connectivity index (χ2n) is 9.17. The number of hydrogen-bond donors (Lipinski definition) is 1. The number of hydrogen-bond acceptors (Lipinski definition) is 7. The molecule has 0 aromatic heterocycles. The number of benzene rings is 3. The minimum atomic E-state index is -4.46. The van der Waals surface area contributed by atoms with Crippen molar-refractivity contribution >= 4 is 62.3 Å². The van der Waals surface area contributed by atoms with Gasteiger partial charge in [0.2, 0.25) is 11.8 Å². The Hall–Kier alpha value is -3.38. The first-order chi connectivity index (χ1) is 20.4. The summed E-state index contributed by atoms with van der Waals surface area (Å²) in [4.78, 5) is 28.1. The lowest BCUT2D eigenvalue weighted by molar-refractivity contribution is -0.139. The summed E-state index contributed by atoms with van der Waals surface area (Å²) in [6.07, 6.45) is 0. The van der Waals surface area contributed by atoms with Crippen molar-refractivity contribution in [2.45, 2.75) is 31.3 Å². The van der Waals surface area contributed by atoms with Gasteiger partial charge in [-0.1, -0.05) is 40.9 Å². The Morgan fingerprint density at radius 1 is 0.860 bits per heavy atom. The Morgan fingerprint density at radius 2 is 1.47 bits per heavy atom. The summed E-state index contributed by atoms with van der Waals surface area (Å²) in [5.74, 6) is -0.514. The monoisotopic (exact) mass is 671 g/mol. The average Bonchev–Trinajstić information content (AvgIpc) is 2.98. The molecule has 3 rings (SSSR count). The number of rotatable bonds is 13. The molecule has 0 heterocycles. The molecule has 232 valence electrons. The van der Waals surface area contributed by atoms with Crippen molar-refractivity contribution in [3.63, 3.8) is 0 Å². The van der Waals surface area contributed by atoms with E-state index in [1.54, 1.807) is 26.0 Å². The number of ether oxygens (including phenoxy) is 3. The SMILES string of the molecule is CCNC(=O)C(C)N(Cc1ccc(Cl)cc1Cl)C(=O)CN(c1cc(Cl)ccc1OC)S(=O)(=O)c1ccc(OC)c(OC)c1. The molecule has 3 aromatic rings. The second kappa shape index (κ2) is 14.9. The highest BCUT2D eigenvalue weighted by molar-refractivity contribution is 7.92. The Kier molecular flexibility index (Phi) is 11.8. The molecule has 0 saturated heterocycles. The standard InChI is InChI=1S/C29H32Cl3N3O7S/c1-6-33-29(37)18(2)34(16-19-7-8-20(30)13-23(19)32)28(36)17-35(24-14-21(31)9-11-25(24)40-3)43(38,39)22-10-12-26(41-4)27(15-22)42-5/h7-15,18H,6,16-17H2,1-5H3,(H,33,37). The van der Waals surface area contributed by atoms with E-state index in [1.807, 2.05) is 0 Å². The van der Waals surface area contributed by atoms with Crippen molar-refractivity contribution in [2.75, 3.05) is 38.7 Å². The normalized spacial score (nSPS) is 11.8. The zero-order valence-corrected chi connectivity index (χ0v) is 27.3. The van der Waals surface area contributed by atoms with Gasteiger partial charge in [0.05, 0.1) is 31.9 Å². The fraction of sp³-hybridized carbons (Fsp3) is 0.310. The molecule has 0 saturated carbocycles. The number of nitrogens with one attached hydrogen (secondary N) is 1. The van der Waals surface area contributed by atoms with Gasteiger partial charge in [0.1, 0.15) is 18.3 Å². The molecule has 0 aliphatic heterocycles. The second-order valence-corrected chi connectivity index (χ2v) is 12.3. The summed E-state index contributed by atoms with van der Waals surface area (Å²) < 4.78 is 45.4. The summed E-state index contributed by atoms with van der Waals surface area (Å²) >= 11 is 18.7. The number of halogens is 3. The molecule has 1 unspecified atom stereocenters. The van der Waals surface area contributed by atoms with Gasteiger partial charge >= 0.3 is 0 Å². The van der Waals surface area contributed by atoms with E-state index in [2.05, 4.69) is 5.32 Å². The molecule has 1 N–H and O–H groups in total. The number of carbonyl (C=O) groups is 2. The Morgan fingerprint density at radius 3 is 2.07 bits per heavy atom. The number of carbonyl (C=O) groups excluding carboxylic acids is 2. The zero-order valence-electron chi connectivity index (χ0n) is 24.2. The van der Waals surface area contributed by atoms with Crippen LogP contribution in [0.5, 0.6) is 17.2 Å². The summed E-state index contributed by atoms with van der Waals surface area (Å²) in [5.41, 5.74) is 0.512. The van der Waals surface area contributed by atoms with Gasteiger partial charge in [0.15, 0.2) is 11.5 Å². The average molecular weight is 673 g/mol. The highest BCUT2D eigenvalue weighted by atomic mass is 35.5. The van der Waals surface area contributed by atoms with Crippen LogP contribution in [-0.4, -0.2) is 65.6 Å². The number of sulfonamides is 1. The van der Waals surface area contributed by atoms with E-state index in [0.717, 1.165) is 4.31 Å². The Bertz CT molecular complexity index is 1590. The first kappa shape index (κ1) is 34.1. The molecule has 2 amide bonds. The summed E-state index contributed by atoms with van der Waals surface area (Å²) in [6.45, 7) is 2.79.